The molecule has 12 heavy (non-hydrogen) atoms. The molecule has 0 saturated heterocycles. The van der Waals surface area contributed by atoms with Crippen molar-refractivity contribution in [1.29, 1.82) is 0 Å². The van der Waals surface area contributed by atoms with Gasteiger partial charge in [-0.15, -0.1) is 23.6 Å². The first-order valence-corrected chi connectivity index (χ1v) is 2.95. The van der Waals surface area contributed by atoms with Crippen LogP contribution in [0.25, 0.3) is 10.9 Å². The van der Waals surface area contributed by atoms with E-state index < -0.39 is 0 Å². The van der Waals surface area contributed by atoms with Crippen molar-refractivity contribution < 1.29 is 42.1 Å². The Morgan fingerprint density at radius 2 is 2.08 bits per heavy atom. The maximum atomic E-state index is 12.5. The molecule has 2 aromatic rings. The molecule has 4 heteroatoms. The van der Waals surface area contributed by atoms with Gasteiger partial charge in [0.05, 0.1) is 0 Å². The average Bonchev–Trinajstić information content (AvgIpc) is 2.33. The van der Waals surface area contributed by atoms with Crippen LogP contribution < -0.4 is 42.7 Å². The van der Waals surface area contributed by atoms with Gasteiger partial charge in [0.1, 0.15) is 0 Å². The Hall–Kier alpha value is -0.115. The van der Waals surface area contributed by atoms with Gasteiger partial charge in [-0.05, 0) is 0 Å². The Bertz CT molecular complexity index is 359. The zero-order chi connectivity index (χ0) is 6.97. The van der Waals surface area contributed by atoms with Gasteiger partial charge in [0.2, 0.25) is 0 Å². The van der Waals surface area contributed by atoms with Gasteiger partial charge in [-0.2, -0.15) is 12.3 Å². The number of halogens is 1. The van der Waals surface area contributed by atoms with Gasteiger partial charge in [-0.25, -0.2) is 0 Å². The fraction of sp³-hybridized carbons (Fsp3) is 0. The number of hydrogen-bond donors (Lipinski definition) is 0. The van der Waals surface area contributed by atoms with Crippen LogP contribution >= 0.6 is 0 Å². The molecule has 1 heterocycles. The molecule has 1 nitrogen and oxygen atoms in total. The second kappa shape index (κ2) is 4.80. The maximum Gasteiger partial charge on any atom is 1.00 e. The van der Waals surface area contributed by atoms with Gasteiger partial charge in [0, 0.05) is 5.82 Å². The van der Waals surface area contributed by atoms with Crippen LogP contribution in [0.1, 0.15) is 0 Å². The smallest absolute Gasteiger partial charge is 0.686 e. The zero-order valence-electron chi connectivity index (χ0n) is 7.13. The summed E-state index contributed by atoms with van der Waals surface area (Å²) >= 11 is 0. The van der Waals surface area contributed by atoms with E-state index in [1.165, 1.54) is 12.1 Å². The van der Waals surface area contributed by atoms with Gasteiger partial charge >= 0.3 is 37.7 Å². The first-order chi connectivity index (χ1) is 4.86. The third-order valence-corrected chi connectivity index (χ3v) is 1.37. The van der Waals surface area contributed by atoms with E-state index in [9.17, 15) is 4.39 Å². The second-order valence-electron chi connectivity index (χ2n) is 2.07. The summed E-state index contributed by atoms with van der Waals surface area (Å²) in [6.45, 7) is 0. The number of benzene rings is 1. The molecule has 2 rings (SSSR count). The Morgan fingerprint density at radius 1 is 1.33 bits per heavy atom. The molecule has 50 valence electrons. The van der Waals surface area contributed by atoms with Crippen molar-refractivity contribution in [3.05, 3.63) is 36.3 Å². The van der Waals surface area contributed by atoms with Crippen molar-refractivity contribution in [2.45, 2.75) is 0 Å². The molecular formula is C8H4FLi2N. The van der Waals surface area contributed by atoms with Crippen molar-refractivity contribution in [3.63, 3.8) is 0 Å². The molecule has 0 fully saturated rings. The quantitative estimate of drug-likeness (QED) is 0.272. The normalized spacial score (nSPS) is 8.75. The van der Waals surface area contributed by atoms with Crippen LogP contribution in [0.15, 0.2) is 24.4 Å². The topological polar surface area (TPSA) is 14.1 Å². The molecule has 0 aliphatic rings. The van der Waals surface area contributed by atoms with E-state index in [1.807, 2.05) is 0 Å². The standard InChI is InChI=1S/C8H4FN.2Li/c9-7-1-2-8-6(5-7)3-4-10-8;;/h1,3-5H;;/q-2;2*+1. The van der Waals surface area contributed by atoms with Crippen LogP contribution in [0.4, 0.5) is 4.39 Å². The Morgan fingerprint density at radius 3 is 2.83 bits per heavy atom. The van der Waals surface area contributed by atoms with E-state index in [0.29, 0.717) is 0 Å². The molecule has 0 amide bonds. The predicted molar refractivity (Wildman–Crippen MR) is 36.1 cm³/mol. The van der Waals surface area contributed by atoms with E-state index in [0.717, 1.165) is 10.9 Å². The van der Waals surface area contributed by atoms with Gasteiger partial charge in [0.25, 0.3) is 0 Å². The molecule has 0 atom stereocenters. The van der Waals surface area contributed by atoms with Crippen molar-refractivity contribution in [2.75, 3.05) is 0 Å². The van der Waals surface area contributed by atoms with Crippen molar-refractivity contribution in [2.24, 2.45) is 0 Å². The van der Waals surface area contributed by atoms with Crippen molar-refractivity contribution in [1.82, 2.24) is 4.98 Å². The minimum atomic E-state index is -0.263. The van der Waals surface area contributed by atoms with E-state index in [1.54, 1.807) is 12.3 Å². The minimum absolute atomic E-state index is 0. The second-order valence-corrected chi connectivity index (χ2v) is 2.07. The van der Waals surface area contributed by atoms with Gasteiger partial charge in [0.15, 0.2) is 0 Å². The summed E-state index contributed by atoms with van der Waals surface area (Å²) < 4.78 is 12.5. The van der Waals surface area contributed by atoms with Crippen LogP contribution in [0.3, 0.4) is 0 Å². The first-order valence-electron chi connectivity index (χ1n) is 2.95. The van der Waals surface area contributed by atoms with Crippen LogP contribution in [0.5, 0.6) is 0 Å². The summed E-state index contributed by atoms with van der Waals surface area (Å²) in [7, 11) is 0. The Labute approximate surface area is 94.1 Å². The van der Waals surface area contributed by atoms with E-state index in [-0.39, 0.29) is 43.5 Å². The SMILES string of the molecule is Fc1c[c-]c2[n-]ccc2c1.[Li+].[Li+]. The Balaban J connectivity index is 0.000000605. The van der Waals surface area contributed by atoms with E-state index in [2.05, 4.69) is 11.1 Å². The maximum absolute atomic E-state index is 12.5. The average molecular weight is 147 g/mol. The van der Waals surface area contributed by atoms with E-state index in [4.69, 9.17) is 0 Å². The summed E-state index contributed by atoms with van der Waals surface area (Å²) in [5.74, 6) is -0.263. The van der Waals surface area contributed by atoms with Crippen LogP contribution in [-0.2, 0) is 0 Å². The molecular weight excluding hydrogens is 143 g/mol. The largest absolute Gasteiger partial charge is 1.00 e. The number of fused-ring (bicyclic) bond motifs is 1. The first kappa shape index (κ1) is 11.9. The number of aromatic nitrogens is 1. The molecule has 0 saturated carbocycles. The van der Waals surface area contributed by atoms with E-state index >= 15 is 0 Å². The predicted octanol–water partition coefficient (Wildman–Crippen LogP) is -4.26. The molecule has 0 unspecified atom stereocenters. The summed E-state index contributed by atoms with van der Waals surface area (Å²) in [6, 6.07) is 7.20. The van der Waals surface area contributed by atoms with Crippen molar-refractivity contribution in [3.8, 4) is 0 Å². The molecule has 0 radical (unpaired) electrons. The molecule has 0 bridgehead atoms. The minimum Gasteiger partial charge on any atom is -0.686 e. The third-order valence-electron chi connectivity index (χ3n) is 1.37. The number of hydrogen-bond acceptors (Lipinski definition) is 0. The molecule has 0 aliphatic carbocycles. The molecule has 0 N–H and O–H groups in total. The fourth-order valence-electron chi connectivity index (χ4n) is 0.910. The Kier molecular flexibility index (Phi) is 4.75. The molecule has 0 aliphatic heterocycles. The zero-order valence-corrected chi connectivity index (χ0v) is 7.13. The molecule has 0 spiro atoms. The number of rotatable bonds is 0. The molecule has 1 aromatic carbocycles. The summed E-state index contributed by atoms with van der Waals surface area (Å²) in [5, 5.41) is 0.806. The summed E-state index contributed by atoms with van der Waals surface area (Å²) in [4.78, 5) is 3.94. The number of nitrogens with zero attached hydrogens (tertiary/aromatic N) is 1. The van der Waals surface area contributed by atoms with Crippen molar-refractivity contribution >= 4 is 10.9 Å². The molecule has 1 aromatic heterocycles. The summed E-state index contributed by atoms with van der Waals surface area (Å²) in [5.41, 5.74) is 0.724. The van der Waals surface area contributed by atoms with Crippen LogP contribution in [-0.4, -0.2) is 0 Å². The summed E-state index contributed by atoms with van der Waals surface area (Å²) in [6.07, 6.45) is 1.64. The third kappa shape index (κ3) is 2.19. The van der Waals surface area contributed by atoms with Gasteiger partial charge in [-0.1, -0.05) is 0 Å². The van der Waals surface area contributed by atoms with Gasteiger partial charge < -0.3 is 4.98 Å². The van der Waals surface area contributed by atoms with Crippen LogP contribution in [0.2, 0.25) is 0 Å². The fourth-order valence-corrected chi connectivity index (χ4v) is 0.910. The van der Waals surface area contributed by atoms with Gasteiger partial charge in [-0.3, -0.25) is 9.91 Å². The van der Waals surface area contributed by atoms with Crippen LogP contribution in [0, 0.1) is 11.9 Å². The monoisotopic (exact) mass is 147 g/mol.